The van der Waals surface area contributed by atoms with E-state index in [9.17, 15) is 9.50 Å². The highest BCUT2D eigenvalue weighted by Crippen LogP contribution is 2.37. The van der Waals surface area contributed by atoms with Crippen LogP contribution in [0.5, 0.6) is 0 Å². The highest BCUT2D eigenvalue weighted by Gasteiger charge is 2.22. The molecule has 1 saturated heterocycles. The quantitative estimate of drug-likeness (QED) is 0.414. The highest BCUT2D eigenvalue weighted by atomic mass is 32.1. The number of fused-ring (bicyclic) bond motifs is 1. The van der Waals surface area contributed by atoms with Gasteiger partial charge in [0.1, 0.15) is 22.8 Å². The van der Waals surface area contributed by atoms with E-state index in [-0.39, 0.29) is 18.0 Å². The van der Waals surface area contributed by atoms with E-state index in [1.807, 2.05) is 31.2 Å². The smallest absolute Gasteiger partial charge is 0.138 e. The second-order valence-electron chi connectivity index (χ2n) is 8.21. The molecule has 2 N–H and O–H groups in total. The first kappa shape index (κ1) is 20.8. The third-order valence-corrected chi connectivity index (χ3v) is 7.09. The van der Waals surface area contributed by atoms with Gasteiger partial charge in [0, 0.05) is 29.2 Å². The topological polar surface area (TPSA) is 61.3 Å². The van der Waals surface area contributed by atoms with Crippen molar-refractivity contribution in [1.29, 1.82) is 0 Å². The summed E-state index contributed by atoms with van der Waals surface area (Å²) in [4.78, 5) is 13.2. The van der Waals surface area contributed by atoms with Crippen molar-refractivity contribution in [1.82, 2.24) is 9.97 Å². The molecule has 5 rings (SSSR count). The molecule has 7 heteroatoms. The van der Waals surface area contributed by atoms with Crippen molar-refractivity contribution in [3.8, 4) is 10.4 Å². The van der Waals surface area contributed by atoms with Gasteiger partial charge in [-0.15, -0.1) is 11.3 Å². The van der Waals surface area contributed by atoms with Crippen molar-refractivity contribution in [2.24, 2.45) is 0 Å². The minimum absolute atomic E-state index is 0.161. The van der Waals surface area contributed by atoms with E-state index in [2.05, 4.69) is 38.4 Å². The van der Waals surface area contributed by atoms with Crippen LogP contribution >= 0.6 is 11.3 Å². The van der Waals surface area contributed by atoms with Gasteiger partial charge in [0.2, 0.25) is 0 Å². The fourth-order valence-electron chi connectivity index (χ4n) is 4.27. The summed E-state index contributed by atoms with van der Waals surface area (Å²) >= 11 is 1.63. The first-order valence-electron chi connectivity index (χ1n) is 10.9. The molecule has 164 valence electrons. The van der Waals surface area contributed by atoms with E-state index in [0.29, 0.717) is 0 Å². The number of aromatic nitrogens is 2. The van der Waals surface area contributed by atoms with E-state index < -0.39 is 0 Å². The number of anilines is 2. The summed E-state index contributed by atoms with van der Waals surface area (Å²) in [6.45, 7) is 3.54. The molecule has 0 saturated carbocycles. The second kappa shape index (κ2) is 8.84. The van der Waals surface area contributed by atoms with Crippen molar-refractivity contribution in [2.75, 3.05) is 23.3 Å². The first-order chi connectivity index (χ1) is 15.6. The van der Waals surface area contributed by atoms with Crippen LogP contribution < -0.4 is 10.2 Å². The number of rotatable bonds is 5. The Morgan fingerprint density at radius 1 is 1.09 bits per heavy atom. The summed E-state index contributed by atoms with van der Waals surface area (Å²) in [6.07, 6.45) is 2.77. The van der Waals surface area contributed by atoms with Gasteiger partial charge in [0.05, 0.1) is 17.5 Å². The summed E-state index contributed by atoms with van der Waals surface area (Å²) in [6, 6.07) is 17.1. The summed E-state index contributed by atoms with van der Waals surface area (Å²) in [5.41, 5.74) is 3.03. The number of aliphatic hydroxyl groups is 1. The molecule has 0 radical (unpaired) electrons. The van der Waals surface area contributed by atoms with Crippen LogP contribution in [0.4, 0.5) is 15.9 Å². The van der Waals surface area contributed by atoms with Gasteiger partial charge in [0.25, 0.3) is 0 Å². The Labute approximate surface area is 190 Å². The van der Waals surface area contributed by atoms with Crippen molar-refractivity contribution in [3.05, 3.63) is 72.3 Å². The molecule has 0 aliphatic carbocycles. The molecule has 1 aliphatic heterocycles. The molecule has 5 nitrogen and oxygen atoms in total. The Kier molecular flexibility index (Phi) is 5.76. The fraction of sp³-hybridized carbons (Fsp3) is 0.280. The highest BCUT2D eigenvalue weighted by molar-refractivity contribution is 7.21. The standard InChI is InChI=1S/C25H25FN4OS/c1-16(20-13-18(26)7-8-22(20)30-11-9-19(31)10-12-30)29-24-21-14-23(17-5-3-2-4-6-17)32-25(21)28-15-27-24/h2-8,13-16,19,31H,9-12H2,1H3,(H,27,28,29). The number of aliphatic hydroxyl groups excluding tert-OH is 1. The Bertz CT molecular complexity index is 1220. The number of benzene rings is 2. The van der Waals surface area contributed by atoms with Crippen LogP contribution in [0.25, 0.3) is 20.7 Å². The van der Waals surface area contributed by atoms with Crippen LogP contribution in [0.3, 0.4) is 0 Å². The minimum Gasteiger partial charge on any atom is -0.393 e. The SMILES string of the molecule is CC(Nc1ncnc2sc(-c3ccccc3)cc12)c1cc(F)ccc1N1CCC(O)CC1. The molecule has 1 atom stereocenters. The van der Waals surface area contributed by atoms with Crippen molar-refractivity contribution in [3.63, 3.8) is 0 Å². The van der Waals surface area contributed by atoms with Crippen molar-refractivity contribution >= 4 is 33.1 Å². The predicted octanol–water partition coefficient (Wildman–Crippen LogP) is 5.63. The normalized spacial score (nSPS) is 15.8. The molecule has 1 unspecified atom stereocenters. The van der Waals surface area contributed by atoms with Crippen LogP contribution in [0.15, 0.2) is 60.9 Å². The van der Waals surface area contributed by atoms with Gasteiger partial charge in [-0.3, -0.25) is 0 Å². The van der Waals surface area contributed by atoms with Crippen LogP contribution in [0.1, 0.15) is 31.4 Å². The predicted molar refractivity (Wildman–Crippen MR) is 129 cm³/mol. The first-order valence-corrected chi connectivity index (χ1v) is 11.7. The molecule has 4 aromatic rings. The average molecular weight is 449 g/mol. The van der Waals surface area contributed by atoms with Gasteiger partial charge < -0.3 is 15.3 Å². The molecule has 0 bridgehead atoms. The maximum atomic E-state index is 14.2. The van der Waals surface area contributed by atoms with Gasteiger partial charge in [-0.2, -0.15) is 0 Å². The van der Waals surface area contributed by atoms with Gasteiger partial charge in [0.15, 0.2) is 0 Å². The molecular formula is C25H25FN4OS. The zero-order valence-electron chi connectivity index (χ0n) is 17.8. The van der Waals surface area contributed by atoms with Crippen LogP contribution in [-0.4, -0.2) is 34.3 Å². The summed E-state index contributed by atoms with van der Waals surface area (Å²) in [5.74, 6) is 0.481. The second-order valence-corrected chi connectivity index (χ2v) is 9.24. The van der Waals surface area contributed by atoms with Crippen molar-refractivity contribution < 1.29 is 9.50 Å². The van der Waals surface area contributed by atoms with Gasteiger partial charge in [-0.1, -0.05) is 30.3 Å². The number of thiophene rings is 1. The molecule has 1 fully saturated rings. The molecule has 32 heavy (non-hydrogen) atoms. The van der Waals surface area contributed by atoms with Gasteiger partial charge in [-0.05, 0) is 49.6 Å². The zero-order chi connectivity index (χ0) is 22.1. The molecule has 3 heterocycles. The fourth-order valence-corrected chi connectivity index (χ4v) is 5.27. The number of hydrogen-bond acceptors (Lipinski definition) is 6. The molecule has 1 aliphatic rings. The van der Waals surface area contributed by atoms with E-state index >= 15 is 0 Å². The Balaban J connectivity index is 1.46. The van der Waals surface area contributed by atoms with Gasteiger partial charge >= 0.3 is 0 Å². The molecule has 2 aromatic carbocycles. The lowest BCUT2D eigenvalue weighted by molar-refractivity contribution is 0.145. The van der Waals surface area contributed by atoms with E-state index in [0.717, 1.165) is 63.7 Å². The van der Waals surface area contributed by atoms with Gasteiger partial charge in [-0.25, -0.2) is 14.4 Å². The largest absolute Gasteiger partial charge is 0.393 e. The third-order valence-electron chi connectivity index (χ3n) is 6.00. The monoisotopic (exact) mass is 448 g/mol. The van der Waals surface area contributed by atoms with Crippen LogP contribution in [0, 0.1) is 5.82 Å². The lowest BCUT2D eigenvalue weighted by Gasteiger charge is -2.34. The maximum Gasteiger partial charge on any atom is 0.138 e. The minimum atomic E-state index is -0.260. The number of nitrogens with one attached hydrogen (secondary N) is 1. The average Bonchev–Trinajstić information content (AvgIpc) is 3.26. The van der Waals surface area contributed by atoms with Crippen LogP contribution in [-0.2, 0) is 0 Å². The molecule has 2 aromatic heterocycles. The van der Waals surface area contributed by atoms with E-state index in [1.165, 1.54) is 6.07 Å². The number of piperidine rings is 1. The van der Waals surface area contributed by atoms with E-state index in [1.54, 1.807) is 23.7 Å². The van der Waals surface area contributed by atoms with E-state index in [4.69, 9.17) is 0 Å². The lowest BCUT2D eigenvalue weighted by atomic mass is 10.0. The molecule has 0 amide bonds. The van der Waals surface area contributed by atoms with Crippen molar-refractivity contribution in [2.45, 2.75) is 31.9 Å². The lowest BCUT2D eigenvalue weighted by Crippen LogP contribution is -2.36. The summed E-state index contributed by atoms with van der Waals surface area (Å²) < 4.78 is 14.2. The summed E-state index contributed by atoms with van der Waals surface area (Å²) in [7, 11) is 0. The number of hydrogen-bond donors (Lipinski definition) is 2. The zero-order valence-corrected chi connectivity index (χ0v) is 18.6. The maximum absolute atomic E-state index is 14.2. The Hall–Kier alpha value is -3.03. The molecule has 0 spiro atoms. The summed E-state index contributed by atoms with van der Waals surface area (Å²) in [5, 5.41) is 14.3. The van der Waals surface area contributed by atoms with Crippen LogP contribution in [0.2, 0.25) is 0 Å². The molecular weight excluding hydrogens is 423 g/mol. The third kappa shape index (κ3) is 4.18. The number of nitrogens with zero attached hydrogens (tertiary/aromatic N) is 3. The Morgan fingerprint density at radius 2 is 1.88 bits per heavy atom. The Morgan fingerprint density at radius 3 is 2.66 bits per heavy atom. The number of halogens is 1.